The Morgan fingerprint density at radius 3 is 3.00 bits per heavy atom. The molecule has 0 saturated heterocycles. The van der Waals surface area contributed by atoms with Gasteiger partial charge in [0, 0.05) is 24.5 Å². The summed E-state index contributed by atoms with van der Waals surface area (Å²) in [4.78, 5) is 16.0. The van der Waals surface area contributed by atoms with E-state index in [4.69, 9.17) is 4.74 Å². The number of methoxy groups -OCH3 is 1. The first-order valence-electron chi connectivity index (χ1n) is 6.17. The van der Waals surface area contributed by atoms with Crippen LogP contribution in [0.25, 0.3) is 5.69 Å². The van der Waals surface area contributed by atoms with Crippen molar-refractivity contribution >= 4 is 0 Å². The highest BCUT2D eigenvalue weighted by Crippen LogP contribution is 2.14. The smallest absolute Gasteiger partial charge is 0.271 e. The number of benzene rings is 1. The van der Waals surface area contributed by atoms with E-state index in [0.29, 0.717) is 12.3 Å². The van der Waals surface area contributed by atoms with Gasteiger partial charge in [0.25, 0.3) is 5.56 Å². The minimum atomic E-state index is -0.103. The van der Waals surface area contributed by atoms with E-state index in [1.807, 2.05) is 29.0 Å². The van der Waals surface area contributed by atoms with Crippen LogP contribution in [0, 0.1) is 0 Å². The molecule has 1 N–H and O–H groups in total. The number of aromatic amines is 1. The Bertz CT molecular complexity index is 756. The van der Waals surface area contributed by atoms with Crippen LogP contribution in [0.1, 0.15) is 5.69 Å². The number of rotatable bonds is 4. The standard InChI is InChI=1S/C14H14N4O2/c1-20-13-4-2-3-12(8-13)18-14(19)7-11(16-18)9-17-6-5-15-10-17/h2-8,10,16H,9H2,1H3. The molecule has 3 aromatic rings. The van der Waals surface area contributed by atoms with E-state index in [-0.39, 0.29) is 5.56 Å². The average molecular weight is 270 g/mol. The van der Waals surface area contributed by atoms with Crippen molar-refractivity contribution in [2.75, 3.05) is 7.11 Å². The molecule has 1 aromatic carbocycles. The maximum atomic E-state index is 12.0. The van der Waals surface area contributed by atoms with E-state index in [9.17, 15) is 4.79 Å². The van der Waals surface area contributed by atoms with Crippen LogP contribution in [0.15, 0.2) is 53.8 Å². The third-order valence-corrected chi connectivity index (χ3v) is 3.00. The van der Waals surface area contributed by atoms with E-state index >= 15 is 0 Å². The lowest BCUT2D eigenvalue weighted by Gasteiger charge is -2.05. The van der Waals surface area contributed by atoms with Crippen LogP contribution in [0.4, 0.5) is 0 Å². The molecule has 0 aliphatic rings. The molecule has 0 fully saturated rings. The number of imidazole rings is 1. The molecule has 2 aromatic heterocycles. The molecule has 0 aliphatic carbocycles. The van der Waals surface area contributed by atoms with Crippen molar-refractivity contribution in [1.29, 1.82) is 0 Å². The largest absolute Gasteiger partial charge is 0.497 e. The number of hydrogen-bond acceptors (Lipinski definition) is 3. The van der Waals surface area contributed by atoms with Gasteiger partial charge in [-0.15, -0.1) is 0 Å². The van der Waals surface area contributed by atoms with Gasteiger partial charge in [-0.05, 0) is 12.1 Å². The lowest BCUT2D eigenvalue weighted by atomic mass is 10.3. The fourth-order valence-corrected chi connectivity index (χ4v) is 2.04. The van der Waals surface area contributed by atoms with Gasteiger partial charge in [0.15, 0.2) is 0 Å². The molecular formula is C14H14N4O2. The molecule has 0 radical (unpaired) electrons. The Balaban J connectivity index is 1.94. The lowest BCUT2D eigenvalue weighted by Crippen LogP contribution is -2.13. The molecule has 102 valence electrons. The molecule has 3 rings (SSSR count). The normalized spacial score (nSPS) is 10.7. The monoisotopic (exact) mass is 270 g/mol. The van der Waals surface area contributed by atoms with Crippen LogP contribution in [0.5, 0.6) is 5.75 Å². The van der Waals surface area contributed by atoms with Crippen LogP contribution >= 0.6 is 0 Å². The van der Waals surface area contributed by atoms with Crippen LogP contribution in [-0.2, 0) is 6.54 Å². The maximum Gasteiger partial charge on any atom is 0.271 e. The van der Waals surface area contributed by atoms with E-state index < -0.39 is 0 Å². The topological polar surface area (TPSA) is 64.8 Å². The highest BCUT2D eigenvalue weighted by atomic mass is 16.5. The van der Waals surface area contributed by atoms with Gasteiger partial charge in [-0.1, -0.05) is 6.07 Å². The van der Waals surface area contributed by atoms with Gasteiger partial charge in [0.1, 0.15) is 5.75 Å². The van der Waals surface area contributed by atoms with Crippen molar-refractivity contribution in [1.82, 2.24) is 19.3 Å². The summed E-state index contributed by atoms with van der Waals surface area (Å²) in [5.41, 5.74) is 1.45. The number of ether oxygens (including phenoxy) is 1. The van der Waals surface area contributed by atoms with Gasteiger partial charge in [-0.3, -0.25) is 9.89 Å². The summed E-state index contributed by atoms with van der Waals surface area (Å²) in [5, 5.41) is 3.09. The minimum absolute atomic E-state index is 0.103. The van der Waals surface area contributed by atoms with Crippen LogP contribution in [-0.4, -0.2) is 26.4 Å². The second-order valence-corrected chi connectivity index (χ2v) is 4.39. The van der Waals surface area contributed by atoms with Crippen molar-refractivity contribution in [2.24, 2.45) is 0 Å². The number of nitrogens with one attached hydrogen (secondary N) is 1. The third kappa shape index (κ3) is 2.35. The van der Waals surface area contributed by atoms with Gasteiger partial charge in [0.2, 0.25) is 0 Å². The van der Waals surface area contributed by atoms with Crippen molar-refractivity contribution in [3.05, 3.63) is 65.1 Å². The van der Waals surface area contributed by atoms with Gasteiger partial charge in [-0.2, -0.15) is 0 Å². The summed E-state index contributed by atoms with van der Waals surface area (Å²) in [6, 6.07) is 8.92. The number of hydrogen-bond donors (Lipinski definition) is 1. The molecule has 0 unspecified atom stereocenters. The molecule has 0 atom stereocenters. The predicted molar refractivity (Wildman–Crippen MR) is 74.3 cm³/mol. The molecular weight excluding hydrogens is 256 g/mol. The summed E-state index contributed by atoms with van der Waals surface area (Å²) < 4.78 is 8.55. The van der Waals surface area contributed by atoms with E-state index in [2.05, 4.69) is 10.1 Å². The molecule has 6 heteroatoms. The van der Waals surface area contributed by atoms with Crippen LogP contribution < -0.4 is 10.3 Å². The summed E-state index contributed by atoms with van der Waals surface area (Å²) in [6.07, 6.45) is 5.26. The number of H-pyrrole nitrogens is 1. The first-order chi connectivity index (χ1) is 9.76. The highest BCUT2D eigenvalue weighted by Gasteiger charge is 2.06. The Morgan fingerprint density at radius 1 is 1.35 bits per heavy atom. The first kappa shape index (κ1) is 12.3. The van der Waals surface area contributed by atoms with Crippen LogP contribution in [0.2, 0.25) is 0 Å². The van der Waals surface area contributed by atoms with Crippen molar-refractivity contribution in [2.45, 2.75) is 6.54 Å². The molecule has 20 heavy (non-hydrogen) atoms. The molecule has 6 nitrogen and oxygen atoms in total. The predicted octanol–water partition coefficient (Wildman–Crippen LogP) is 1.42. The van der Waals surface area contributed by atoms with Crippen molar-refractivity contribution < 1.29 is 4.74 Å². The quantitative estimate of drug-likeness (QED) is 0.779. The molecule has 0 saturated carbocycles. The van der Waals surface area contributed by atoms with Gasteiger partial charge in [0.05, 0.1) is 31.4 Å². The Morgan fingerprint density at radius 2 is 2.25 bits per heavy atom. The second kappa shape index (κ2) is 5.08. The maximum absolute atomic E-state index is 12.0. The Kier molecular flexibility index (Phi) is 3.12. The van der Waals surface area contributed by atoms with Crippen molar-refractivity contribution in [3.8, 4) is 11.4 Å². The minimum Gasteiger partial charge on any atom is -0.497 e. The van der Waals surface area contributed by atoms with E-state index in [0.717, 1.165) is 11.4 Å². The summed E-state index contributed by atoms with van der Waals surface area (Å²) in [5.74, 6) is 0.708. The zero-order valence-corrected chi connectivity index (χ0v) is 11.0. The Labute approximate surface area is 115 Å². The van der Waals surface area contributed by atoms with Gasteiger partial charge < -0.3 is 9.30 Å². The summed E-state index contributed by atoms with van der Waals surface area (Å²) in [7, 11) is 1.60. The van der Waals surface area contributed by atoms with Gasteiger partial charge in [-0.25, -0.2) is 9.67 Å². The molecule has 2 heterocycles. The first-order valence-corrected chi connectivity index (χ1v) is 6.17. The van der Waals surface area contributed by atoms with Crippen molar-refractivity contribution in [3.63, 3.8) is 0 Å². The molecule has 0 spiro atoms. The number of aromatic nitrogens is 4. The second-order valence-electron chi connectivity index (χ2n) is 4.39. The molecule has 0 amide bonds. The van der Waals surface area contributed by atoms with Gasteiger partial charge >= 0.3 is 0 Å². The SMILES string of the molecule is COc1cccc(-n2[nH]c(Cn3ccnc3)cc2=O)c1. The number of nitrogens with zero attached hydrogens (tertiary/aromatic N) is 3. The van der Waals surface area contributed by atoms with E-state index in [1.165, 1.54) is 4.68 Å². The molecule has 0 bridgehead atoms. The van der Waals surface area contributed by atoms with Crippen LogP contribution in [0.3, 0.4) is 0 Å². The lowest BCUT2D eigenvalue weighted by molar-refractivity contribution is 0.414. The average Bonchev–Trinajstić information content (AvgIpc) is 3.09. The zero-order chi connectivity index (χ0) is 13.9. The summed E-state index contributed by atoms with van der Waals surface area (Å²) in [6.45, 7) is 0.576. The summed E-state index contributed by atoms with van der Waals surface area (Å²) >= 11 is 0. The Hall–Kier alpha value is -2.76. The molecule has 0 aliphatic heterocycles. The fraction of sp³-hybridized carbons (Fsp3) is 0.143. The fourth-order valence-electron chi connectivity index (χ4n) is 2.04. The van der Waals surface area contributed by atoms with E-state index in [1.54, 1.807) is 31.8 Å². The zero-order valence-electron chi connectivity index (χ0n) is 11.0. The third-order valence-electron chi connectivity index (χ3n) is 3.00. The highest BCUT2D eigenvalue weighted by molar-refractivity contribution is 5.38.